The van der Waals surface area contributed by atoms with Crippen molar-refractivity contribution in [1.82, 2.24) is 15.1 Å². The Balaban J connectivity index is 1.50. The Kier molecular flexibility index (Phi) is 5.76. The van der Waals surface area contributed by atoms with Gasteiger partial charge < -0.3 is 10.1 Å². The van der Waals surface area contributed by atoms with E-state index in [1.807, 2.05) is 66.2 Å². The Hall–Kier alpha value is -3.26. The van der Waals surface area contributed by atoms with Gasteiger partial charge in [0.15, 0.2) is 0 Å². The highest BCUT2D eigenvalue weighted by molar-refractivity contribution is 8.00. The summed E-state index contributed by atoms with van der Waals surface area (Å²) in [5, 5.41) is 8.38. The van der Waals surface area contributed by atoms with Crippen LogP contribution in [-0.4, -0.2) is 41.0 Å². The van der Waals surface area contributed by atoms with Crippen LogP contribution >= 0.6 is 11.8 Å². The number of nitrogens with zero attached hydrogens (tertiary/aromatic N) is 3. The maximum absolute atomic E-state index is 12.6. The molecule has 1 aliphatic heterocycles. The number of para-hydroxylation sites is 1. The highest BCUT2D eigenvalue weighted by atomic mass is 32.2. The monoisotopic (exact) mass is 422 g/mol. The Labute approximate surface area is 179 Å². The van der Waals surface area contributed by atoms with E-state index in [-0.39, 0.29) is 24.1 Å². The average Bonchev–Trinajstić information content (AvgIpc) is 3.12. The lowest BCUT2D eigenvalue weighted by atomic mass is 10.2. The Morgan fingerprint density at radius 1 is 1.17 bits per heavy atom. The largest absolute Gasteiger partial charge is 0.497 e. The first-order chi connectivity index (χ1) is 14.6. The summed E-state index contributed by atoms with van der Waals surface area (Å²) >= 11 is 1.45. The minimum absolute atomic E-state index is 0.0378. The minimum Gasteiger partial charge on any atom is -0.497 e. The van der Waals surface area contributed by atoms with Crippen LogP contribution in [-0.2, 0) is 16.1 Å². The second-order valence-electron chi connectivity index (χ2n) is 6.88. The van der Waals surface area contributed by atoms with Gasteiger partial charge in [0.05, 0.1) is 29.9 Å². The van der Waals surface area contributed by atoms with Crippen molar-refractivity contribution in [2.24, 2.45) is 0 Å². The topological polar surface area (TPSA) is 76.5 Å². The summed E-state index contributed by atoms with van der Waals surface area (Å²) in [4.78, 5) is 26.7. The third-order valence-electron chi connectivity index (χ3n) is 4.84. The number of hydrogen-bond acceptors (Lipinski definition) is 5. The molecule has 2 heterocycles. The molecule has 154 valence electrons. The van der Waals surface area contributed by atoms with Gasteiger partial charge in [-0.25, -0.2) is 4.68 Å². The summed E-state index contributed by atoms with van der Waals surface area (Å²) in [7, 11) is 1.61. The molecule has 0 aliphatic carbocycles. The van der Waals surface area contributed by atoms with Crippen molar-refractivity contribution in [1.29, 1.82) is 0 Å². The fourth-order valence-corrected chi connectivity index (χ4v) is 4.40. The van der Waals surface area contributed by atoms with Crippen LogP contribution < -0.4 is 15.0 Å². The average molecular weight is 423 g/mol. The zero-order valence-electron chi connectivity index (χ0n) is 16.8. The van der Waals surface area contributed by atoms with Crippen LogP contribution in [0.3, 0.4) is 0 Å². The molecule has 0 fully saturated rings. The highest BCUT2D eigenvalue weighted by Crippen LogP contribution is 2.39. The van der Waals surface area contributed by atoms with Crippen LogP contribution in [0.1, 0.15) is 11.3 Å². The lowest BCUT2D eigenvalue weighted by Gasteiger charge is -2.27. The molecule has 0 spiro atoms. The lowest BCUT2D eigenvalue weighted by molar-refractivity contribution is -0.123. The van der Waals surface area contributed by atoms with E-state index in [2.05, 4.69) is 10.4 Å². The molecule has 1 N–H and O–H groups in total. The number of fused-ring (bicyclic) bond motifs is 1. The first kappa shape index (κ1) is 20.0. The standard InChI is InChI=1S/C22H22N4O3S/c1-15-21-22(26(24-15)17-6-4-3-5-7-17)30-14-20(28)25(21)13-19(27)23-12-16-8-10-18(29-2)11-9-16/h3-11H,12-14H2,1-2H3,(H,23,27). The first-order valence-corrected chi connectivity index (χ1v) is 10.5. The van der Waals surface area contributed by atoms with E-state index in [1.54, 1.807) is 7.11 Å². The number of aryl methyl sites for hydroxylation is 1. The SMILES string of the molecule is COc1ccc(CNC(=O)CN2C(=O)CSc3c2c(C)nn3-c2ccccc2)cc1. The molecule has 0 saturated heterocycles. The molecule has 8 heteroatoms. The van der Waals surface area contributed by atoms with Crippen molar-refractivity contribution in [3.05, 3.63) is 65.9 Å². The number of anilines is 1. The van der Waals surface area contributed by atoms with Crippen LogP contribution in [0.5, 0.6) is 5.75 Å². The first-order valence-electron chi connectivity index (χ1n) is 9.54. The van der Waals surface area contributed by atoms with Gasteiger partial charge >= 0.3 is 0 Å². The Morgan fingerprint density at radius 3 is 2.60 bits per heavy atom. The number of aromatic nitrogens is 2. The number of hydrogen-bond donors (Lipinski definition) is 1. The molecule has 2 aromatic carbocycles. The fourth-order valence-electron chi connectivity index (χ4n) is 3.33. The summed E-state index contributed by atoms with van der Waals surface area (Å²) in [5.74, 6) is 0.725. The maximum atomic E-state index is 12.6. The number of methoxy groups -OCH3 is 1. The molecule has 0 bridgehead atoms. The lowest BCUT2D eigenvalue weighted by Crippen LogP contribution is -2.43. The van der Waals surface area contributed by atoms with Gasteiger partial charge in [-0.2, -0.15) is 5.10 Å². The van der Waals surface area contributed by atoms with Gasteiger partial charge in [0.1, 0.15) is 17.3 Å². The molecule has 1 aliphatic rings. The molecule has 3 aromatic rings. The van der Waals surface area contributed by atoms with Crippen LogP contribution in [0.2, 0.25) is 0 Å². The zero-order chi connectivity index (χ0) is 21.1. The van der Waals surface area contributed by atoms with Crippen LogP contribution in [0.15, 0.2) is 59.6 Å². The predicted molar refractivity (Wildman–Crippen MR) is 116 cm³/mol. The second kappa shape index (κ2) is 8.62. The van der Waals surface area contributed by atoms with Crippen molar-refractivity contribution >= 4 is 29.3 Å². The van der Waals surface area contributed by atoms with E-state index >= 15 is 0 Å². The third kappa shape index (κ3) is 4.04. The van der Waals surface area contributed by atoms with E-state index in [9.17, 15) is 9.59 Å². The number of benzene rings is 2. The number of amides is 2. The molecular weight excluding hydrogens is 400 g/mol. The van der Waals surface area contributed by atoms with E-state index in [0.29, 0.717) is 12.2 Å². The number of ether oxygens (including phenoxy) is 1. The van der Waals surface area contributed by atoms with Gasteiger partial charge in [-0.15, -0.1) is 0 Å². The summed E-state index contributed by atoms with van der Waals surface area (Å²) in [6.07, 6.45) is 0. The van der Waals surface area contributed by atoms with E-state index in [0.717, 1.165) is 27.7 Å². The summed E-state index contributed by atoms with van der Waals surface area (Å²) in [6, 6.07) is 17.3. The fraction of sp³-hybridized carbons (Fsp3) is 0.227. The smallest absolute Gasteiger partial charge is 0.240 e. The number of carbonyl (C=O) groups excluding carboxylic acids is 2. The minimum atomic E-state index is -0.219. The van der Waals surface area contributed by atoms with Crippen molar-refractivity contribution < 1.29 is 14.3 Å². The van der Waals surface area contributed by atoms with E-state index < -0.39 is 0 Å². The molecule has 30 heavy (non-hydrogen) atoms. The molecule has 4 rings (SSSR count). The summed E-state index contributed by atoms with van der Waals surface area (Å²) in [5.41, 5.74) is 3.31. The number of carbonyl (C=O) groups is 2. The Morgan fingerprint density at radius 2 is 1.90 bits per heavy atom. The van der Waals surface area contributed by atoms with Gasteiger partial charge in [0.25, 0.3) is 0 Å². The van der Waals surface area contributed by atoms with Crippen molar-refractivity contribution in [2.75, 3.05) is 24.3 Å². The zero-order valence-corrected chi connectivity index (χ0v) is 17.6. The normalized spacial score (nSPS) is 13.1. The van der Waals surface area contributed by atoms with Crippen molar-refractivity contribution in [3.8, 4) is 11.4 Å². The molecule has 1 aromatic heterocycles. The van der Waals surface area contributed by atoms with E-state index in [4.69, 9.17) is 4.74 Å². The summed E-state index contributed by atoms with van der Waals surface area (Å²) in [6.45, 7) is 2.21. The third-order valence-corrected chi connectivity index (χ3v) is 5.87. The van der Waals surface area contributed by atoms with Crippen molar-refractivity contribution in [2.45, 2.75) is 18.5 Å². The maximum Gasteiger partial charge on any atom is 0.240 e. The van der Waals surface area contributed by atoms with Gasteiger partial charge in [0, 0.05) is 6.54 Å². The van der Waals surface area contributed by atoms with Crippen LogP contribution in [0.25, 0.3) is 5.69 Å². The number of nitrogens with one attached hydrogen (secondary N) is 1. The quantitative estimate of drug-likeness (QED) is 0.661. The van der Waals surface area contributed by atoms with Crippen LogP contribution in [0.4, 0.5) is 5.69 Å². The number of rotatable bonds is 6. The molecule has 0 radical (unpaired) electrons. The molecule has 7 nitrogen and oxygen atoms in total. The number of thioether (sulfide) groups is 1. The molecule has 2 amide bonds. The van der Waals surface area contributed by atoms with Gasteiger partial charge in [-0.3, -0.25) is 14.5 Å². The highest BCUT2D eigenvalue weighted by Gasteiger charge is 2.32. The molecule has 0 atom stereocenters. The summed E-state index contributed by atoms with van der Waals surface area (Å²) < 4.78 is 6.98. The molecule has 0 saturated carbocycles. The molecule has 0 unspecified atom stereocenters. The molecular formula is C22H22N4O3S. The van der Waals surface area contributed by atoms with Crippen molar-refractivity contribution in [3.63, 3.8) is 0 Å². The van der Waals surface area contributed by atoms with Crippen LogP contribution in [0, 0.1) is 6.92 Å². The van der Waals surface area contributed by atoms with E-state index in [1.165, 1.54) is 16.7 Å². The van der Waals surface area contributed by atoms with Gasteiger partial charge in [-0.05, 0) is 36.8 Å². The second-order valence-corrected chi connectivity index (χ2v) is 7.84. The van der Waals surface area contributed by atoms with Gasteiger partial charge in [-0.1, -0.05) is 42.1 Å². The predicted octanol–water partition coefficient (Wildman–Crippen LogP) is 2.94. The van der Waals surface area contributed by atoms with Gasteiger partial charge in [0.2, 0.25) is 11.8 Å². The Bertz CT molecular complexity index is 1060.